The van der Waals surface area contributed by atoms with E-state index in [0.29, 0.717) is 11.0 Å². The molecule has 0 unspecified atom stereocenters. The molecule has 2 heterocycles. The van der Waals surface area contributed by atoms with Crippen LogP contribution in [0.25, 0.3) is 11.4 Å². The average Bonchev–Trinajstić information content (AvgIpc) is 3.03. The summed E-state index contributed by atoms with van der Waals surface area (Å²) in [7, 11) is 4.68. The molecule has 2 aromatic heterocycles. The van der Waals surface area contributed by atoms with Crippen molar-refractivity contribution < 1.29 is 4.79 Å². The number of hydrogen-bond acceptors (Lipinski definition) is 6. The Kier molecular flexibility index (Phi) is 5.84. The lowest BCUT2D eigenvalue weighted by atomic mass is 10.2. The fourth-order valence-corrected chi connectivity index (χ4v) is 3.65. The van der Waals surface area contributed by atoms with Crippen molar-refractivity contribution >= 4 is 39.4 Å². The molecule has 0 spiro atoms. The van der Waals surface area contributed by atoms with Crippen LogP contribution in [0.15, 0.2) is 49.6 Å². The maximum absolute atomic E-state index is 12.3. The van der Waals surface area contributed by atoms with E-state index in [1.165, 1.54) is 36.5 Å². The number of thioether (sulfide) groups is 1. The first kappa shape index (κ1) is 20.1. The van der Waals surface area contributed by atoms with E-state index in [9.17, 15) is 14.4 Å². The van der Waals surface area contributed by atoms with Crippen LogP contribution in [0.5, 0.6) is 0 Å². The maximum Gasteiger partial charge on any atom is 0.332 e. The summed E-state index contributed by atoms with van der Waals surface area (Å²) in [5, 5.41) is 11.5. The molecular formula is C17H17BrN6O3S. The summed E-state index contributed by atoms with van der Waals surface area (Å²) in [6, 6.07) is 8.86. The first-order chi connectivity index (χ1) is 13.3. The molecule has 0 aliphatic rings. The lowest BCUT2D eigenvalue weighted by molar-refractivity contribution is -0.113. The first-order valence-electron chi connectivity index (χ1n) is 8.13. The fourth-order valence-electron chi connectivity index (χ4n) is 2.48. The number of rotatable bonds is 5. The zero-order valence-electron chi connectivity index (χ0n) is 15.3. The highest BCUT2D eigenvalue weighted by atomic mass is 79.9. The molecule has 11 heteroatoms. The van der Waals surface area contributed by atoms with E-state index in [1.54, 1.807) is 4.57 Å². The smallest absolute Gasteiger partial charge is 0.311 e. The Labute approximate surface area is 172 Å². The summed E-state index contributed by atoms with van der Waals surface area (Å²) in [6.45, 7) is 0. The molecule has 0 aliphatic carbocycles. The zero-order chi connectivity index (χ0) is 20.4. The quantitative estimate of drug-likeness (QED) is 0.571. The molecule has 0 bridgehead atoms. The van der Waals surface area contributed by atoms with E-state index >= 15 is 0 Å². The number of carbonyl (C=O) groups excluding carboxylic acids is 1. The molecule has 1 aromatic carbocycles. The van der Waals surface area contributed by atoms with E-state index < -0.39 is 11.2 Å². The molecule has 28 heavy (non-hydrogen) atoms. The van der Waals surface area contributed by atoms with E-state index in [4.69, 9.17) is 0 Å². The Balaban J connectivity index is 1.72. The molecule has 146 valence electrons. The highest BCUT2D eigenvalue weighted by Crippen LogP contribution is 2.28. The summed E-state index contributed by atoms with van der Waals surface area (Å²) >= 11 is 4.70. The molecule has 3 rings (SSSR count). The van der Waals surface area contributed by atoms with Gasteiger partial charge in [0.1, 0.15) is 5.82 Å². The Morgan fingerprint density at radius 2 is 1.82 bits per heavy atom. The number of aromatic nitrogens is 5. The Hall–Kier alpha value is -2.66. The topological polar surface area (TPSA) is 104 Å². The van der Waals surface area contributed by atoms with Crippen LogP contribution in [-0.4, -0.2) is 35.6 Å². The van der Waals surface area contributed by atoms with Crippen LogP contribution >= 0.6 is 27.7 Å². The number of halogens is 1. The lowest BCUT2D eigenvalue weighted by Gasteiger charge is -2.10. The Morgan fingerprint density at radius 1 is 1.11 bits per heavy atom. The second-order valence-electron chi connectivity index (χ2n) is 5.95. The lowest BCUT2D eigenvalue weighted by Crippen LogP contribution is -2.38. The molecule has 0 fully saturated rings. The van der Waals surface area contributed by atoms with Gasteiger partial charge in [0.2, 0.25) is 5.91 Å². The largest absolute Gasteiger partial charge is 0.332 e. The summed E-state index contributed by atoms with van der Waals surface area (Å²) in [6.07, 6.45) is 0. The molecule has 1 N–H and O–H groups in total. The van der Waals surface area contributed by atoms with E-state index in [0.717, 1.165) is 14.6 Å². The highest BCUT2D eigenvalue weighted by molar-refractivity contribution is 9.10. The predicted octanol–water partition coefficient (Wildman–Crippen LogP) is 1.37. The van der Waals surface area contributed by atoms with Crippen LogP contribution in [0.1, 0.15) is 0 Å². The monoisotopic (exact) mass is 464 g/mol. The highest BCUT2D eigenvalue weighted by Gasteiger charge is 2.15. The predicted molar refractivity (Wildman–Crippen MR) is 110 cm³/mol. The van der Waals surface area contributed by atoms with Crippen LogP contribution in [-0.2, 0) is 25.9 Å². The van der Waals surface area contributed by atoms with Gasteiger partial charge in [-0.25, -0.2) is 4.79 Å². The van der Waals surface area contributed by atoms with Crippen molar-refractivity contribution in [3.8, 4) is 11.4 Å². The molecule has 9 nitrogen and oxygen atoms in total. The third-order valence-electron chi connectivity index (χ3n) is 4.08. The molecular weight excluding hydrogens is 448 g/mol. The van der Waals surface area contributed by atoms with Crippen molar-refractivity contribution in [2.75, 3.05) is 11.1 Å². The molecule has 0 saturated carbocycles. The van der Waals surface area contributed by atoms with E-state index in [-0.39, 0.29) is 17.5 Å². The minimum Gasteiger partial charge on any atom is -0.311 e. The van der Waals surface area contributed by atoms with Crippen LogP contribution in [0, 0.1) is 0 Å². The molecule has 0 saturated heterocycles. The van der Waals surface area contributed by atoms with Gasteiger partial charge < -0.3 is 9.88 Å². The first-order valence-corrected chi connectivity index (χ1v) is 9.91. The Morgan fingerprint density at radius 3 is 2.54 bits per heavy atom. The van der Waals surface area contributed by atoms with Crippen LogP contribution in [0.3, 0.4) is 0 Å². The van der Waals surface area contributed by atoms with Crippen molar-refractivity contribution in [3.63, 3.8) is 0 Å². The molecule has 1 amide bonds. The van der Waals surface area contributed by atoms with Gasteiger partial charge in [0, 0.05) is 37.2 Å². The third-order valence-corrected chi connectivity index (χ3v) is 5.79. The van der Waals surface area contributed by atoms with Gasteiger partial charge in [0.15, 0.2) is 11.0 Å². The number of benzene rings is 1. The fraction of sp³-hybridized carbons (Fsp3) is 0.235. The third kappa shape index (κ3) is 3.94. The summed E-state index contributed by atoms with van der Waals surface area (Å²) in [5.41, 5.74) is -0.108. The van der Waals surface area contributed by atoms with Gasteiger partial charge in [-0.1, -0.05) is 45.9 Å². The summed E-state index contributed by atoms with van der Waals surface area (Å²) in [5.74, 6) is 0.499. The van der Waals surface area contributed by atoms with Crippen LogP contribution in [0.2, 0.25) is 0 Å². The minimum absolute atomic E-state index is 0.0470. The van der Waals surface area contributed by atoms with Gasteiger partial charge >= 0.3 is 5.69 Å². The summed E-state index contributed by atoms with van der Waals surface area (Å²) < 4.78 is 4.86. The van der Waals surface area contributed by atoms with Crippen LogP contribution < -0.4 is 16.6 Å². The number of hydrogen-bond donors (Lipinski definition) is 1. The number of anilines is 1. The molecule has 3 aromatic rings. The van der Waals surface area contributed by atoms with Crippen molar-refractivity contribution in [1.29, 1.82) is 0 Å². The van der Waals surface area contributed by atoms with Gasteiger partial charge in [0.05, 0.1) is 5.75 Å². The number of amides is 1. The normalized spacial score (nSPS) is 10.9. The maximum atomic E-state index is 12.3. The number of nitrogens with one attached hydrogen (secondary N) is 1. The minimum atomic E-state index is -0.512. The average molecular weight is 465 g/mol. The Bertz CT molecular complexity index is 1170. The van der Waals surface area contributed by atoms with Gasteiger partial charge in [-0.15, -0.1) is 10.2 Å². The molecule has 0 atom stereocenters. The summed E-state index contributed by atoms with van der Waals surface area (Å²) in [4.78, 5) is 35.9. The van der Waals surface area contributed by atoms with Gasteiger partial charge in [-0.05, 0) is 6.07 Å². The van der Waals surface area contributed by atoms with Crippen LogP contribution in [0.4, 0.5) is 5.82 Å². The van der Waals surface area contributed by atoms with Crippen molar-refractivity contribution in [2.24, 2.45) is 21.1 Å². The number of nitrogens with zero attached hydrogens (tertiary/aromatic N) is 5. The SMILES string of the molecule is Cn1c(SCC(=O)Nc2cc(=O)n(C)c(=O)n2C)nnc1-c1ccccc1Br. The van der Waals surface area contributed by atoms with E-state index in [1.807, 2.05) is 31.3 Å². The van der Waals surface area contributed by atoms with Crippen molar-refractivity contribution in [3.05, 3.63) is 55.6 Å². The number of carbonyl (C=O) groups is 1. The van der Waals surface area contributed by atoms with Gasteiger partial charge in [0.25, 0.3) is 5.56 Å². The molecule has 0 aliphatic heterocycles. The zero-order valence-corrected chi connectivity index (χ0v) is 17.7. The standard InChI is InChI=1S/C17H17BrN6O3S/c1-22-12(8-14(26)23(2)17(22)27)19-13(25)9-28-16-21-20-15(24(16)3)10-6-4-5-7-11(10)18/h4-8H,9H2,1-3H3,(H,19,25). The second kappa shape index (κ2) is 8.15. The van der Waals surface area contributed by atoms with Gasteiger partial charge in [-0.2, -0.15) is 0 Å². The van der Waals surface area contributed by atoms with E-state index in [2.05, 4.69) is 31.4 Å². The van der Waals surface area contributed by atoms with Crippen molar-refractivity contribution in [1.82, 2.24) is 23.9 Å². The molecule has 0 radical (unpaired) electrons. The van der Waals surface area contributed by atoms with Gasteiger partial charge in [-0.3, -0.25) is 18.7 Å². The second-order valence-corrected chi connectivity index (χ2v) is 7.75. The van der Waals surface area contributed by atoms with Crippen molar-refractivity contribution in [2.45, 2.75) is 5.16 Å².